The van der Waals surface area contributed by atoms with Gasteiger partial charge in [-0.25, -0.2) is 9.97 Å². The van der Waals surface area contributed by atoms with Crippen LogP contribution in [0.4, 0.5) is 5.82 Å². The molecule has 0 radical (unpaired) electrons. The van der Waals surface area contributed by atoms with Gasteiger partial charge in [0.2, 0.25) is 5.28 Å². The average Bonchev–Trinajstić information content (AvgIpc) is 2.63. The third kappa shape index (κ3) is 2.70. The van der Waals surface area contributed by atoms with Gasteiger partial charge in [0.05, 0.1) is 0 Å². The molecule has 19 heavy (non-hydrogen) atoms. The standard InChI is InChI=1S/C14H21ClN4/c1-9-7-17-14(15)18-13(9)16-8-10-5-11-3-4-12(6-10)19(11)2/h7,10-12H,3-6,8H2,1-2H3,(H,16,17,18). The summed E-state index contributed by atoms with van der Waals surface area (Å²) in [5, 5.41) is 3.77. The Labute approximate surface area is 119 Å². The molecule has 1 aromatic rings. The summed E-state index contributed by atoms with van der Waals surface area (Å²) < 4.78 is 0. The fraction of sp³-hybridized carbons (Fsp3) is 0.714. The smallest absolute Gasteiger partial charge is 0.224 e. The minimum absolute atomic E-state index is 0.316. The van der Waals surface area contributed by atoms with Gasteiger partial charge in [-0.3, -0.25) is 0 Å². The molecule has 3 rings (SSSR count). The Hall–Kier alpha value is -0.870. The van der Waals surface area contributed by atoms with Crippen molar-refractivity contribution in [2.24, 2.45) is 5.92 Å². The Morgan fingerprint density at radius 3 is 2.74 bits per heavy atom. The molecule has 2 aliphatic rings. The predicted octanol–water partition coefficient (Wildman–Crippen LogP) is 2.72. The SMILES string of the molecule is Cc1cnc(Cl)nc1NCC1CC2CCC(C1)N2C. The molecule has 1 N–H and O–H groups in total. The molecule has 2 unspecified atom stereocenters. The van der Waals surface area contributed by atoms with Crippen LogP contribution in [0.25, 0.3) is 0 Å². The van der Waals surface area contributed by atoms with Crippen molar-refractivity contribution in [2.45, 2.75) is 44.7 Å². The molecular formula is C14H21ClN4. The first-order valence-electron chi connectivity index (χ1n) is 7.08. The number of nitrogens with zero attached hydrogens (tertiary/aromatic N) is 3. The van der Waals surface area contributed by atoms with Gasteiger partial charge in [0.1, 0.15) is 5.82 Å². The van der Waals surface area contributed by atoms with Crippen molar-refractivity contribution >= 4 is 17.4 Å². The molecule has 0 saturated carbocycles. The molecular weight excluding hydrogens is 260 g/mol. The average molecular weight is 281 g/mol. The largest absolute Gasteiger partial charge is 0.369 e. The minimum Gasteiger partial charge on any atom is -0.369 e. The third-order valence-corrected chi connectivity index (χ3v) is 4.88. The lowest BCUT2D eigenvalue weighted by Crippen LogP contribution is -2.41. The quantitative estimate of drug-likeness (QED) is 0.865. The summed E-state index contributed by atoms with van der Waals surface area (Å²) in [6.07, 6.45) is 7.12. The zero-order chi connectivity index (χ0) is 13.4. The minimum atomic E-state index is 0.316. The van der Waals surface area contributed by atoms with E-state index in [0.717, 1.165) is 35.9 Å². The second kappa shape index (κ2) is 5.25. The first-order chi connectivity index (χ1) is 9.13. The van der Waals surface area contributed by atoms with Crippen LogP contribution in [0.1, 0.15) is 31.2 Å². The van der Waals surface area contributed by atoms with Gasteiger partial charge >= 0.3 is 0 Å². The Morgan fingerprint density at radius 1 is 1.37 bits per heavy atom. The lowest BCUT2D eigenvalue weighted by atomic mass is 9.91. The Balaban J connectivity index is 1.60. The molecule has 3 heterocycles. The van der Waals surface area contributed by atoms with Gasteiger partial charge < -0.3 is 10.2 Å². The third-order valence-electron chi connectivity index (χ3n) is 4.70. The first kappa shape index (κ1) is 13.1. The molecule has 0 amide bonds. The summed E-state index contributed by atoms with van der Waals surface area (Å²) >= 11 is 5.84. The second-order valence-electron chi connectivity index (χ2n) is 5.94. The first-order valence-corrected chi connectivity index (χ1v) is 7.46. The summed E-state index contributed by atoms with van der Waals surface area (Å²) in [4.78, 5) is 10.8. The Morgan fingerprint density at radius 2 is 2.05 bits per heavy atom. The lowest BCUT2D eigenvalue weighted by Gasteiger charge is -2.36. The van der Waals surface area contributed by atoms with Gasteiger partial charge in [-0.1, -0.05) is 0 Å². The van der Waals surface area contributed by atoms with E-state index in [0.29, 0.717) is 5.28 Å². The fourth-order valence-corrected chi connectivity index (χ4v) is 3.66. The van der Waals surface area contributed by atoms with E-state index in [4.69, 9.17) is 11.6 Å². The summed E-state index contributed by atoms with van der Waals surface area (Å²) in [6, 6.07) is 1.58. The van der Waals surface area contributed by atoms with Crippen molar-refractivity contribution in [2.75, 3.05) is 18.9 Å². The van der Waals surface area contributed by atoms with Crippen LogP contribution in [0.2, 0.25) is 5.28 Å². The number of rotatable bonds is 3. The van der Waals surface area contributed by atoms with E-state index in [1.807, 2.05) is 6.92 Å². The molecule has 0 aliphatic carbocycles. The Bertz CT molecular complexity index is 451. The summed E-state index contributed by atoms with van der Waals surface area (Å²) in [6.45, 7) is 3.01. The van der Waals surface area contributed by atoms with Gasteiger partial charge in [-0.2, -0.15) is 0 Å². The number of aromatic nitrogens is 2. The highest BCUT2D eigenvalue weighted by Gasteiger charge is 2.38. The molecule has 2 atom stereocenters. The van der Waals surface area contributed by atoms with Crippen LogP contribution in [0.15, 0.2) is 6.20 Å². The number of piperidine rings is 1. The zero-order valence-electron chi connectivity index (χ0n) is 11.6. The van der Waals surface area contributed by atoms with Crippen LogP contribution < -0.4 is 5.32 Å². The molecule has 0 spiro atoms. The maximum Gasteiger partial charge on any atom is 0.224 e. The van der Waals surface area contributed by atoms with E-state index in [-0.39, 0.29) is 0 Å². The van der Waals surface area contributed by atoms with Crippen LogP contribution in [0.5, 0.6) is 0 Å². The normalized spacial score (nSPS) is 30.6. The van der Waals surface area contributed by atoms with E-state index in [2.05, 4.69) is 27.2 Å². The monoisotopic (exact) mass is 280 g/mol. The predicted molar refractivity (Wildman–Crippen MR) is 77.6 cm³/mol. The van der Waals surface area contributed by atoms with Crippen molar-refractivity contribution < 1.29 is 0 Å². The number of hydrogen-bond acceptors (Lipinski definition) is 4. The molecule has 0 aromatic carbocycles. The molecule has 2 aliphatic heterocycles. The molecule has 2 saturated heterocycles. The van der Waals surface area contributed by atoms with Crippen LogP contribution in [0, 0.1) is 12.8 Å². The number of nitrogens with one attached hydrogen (secondary N) is 1. The van der Waals surface area contributed by atoms with Crippen molar-refractivity contribution in [3.63, 3.8) is 0 Å². The van der Waals surface area contributed by atoms with E-state index in [9.17, 15) is 0 Å². The molecule has 5 heteroatoms. The topological polar surface area (TPSA) is 41.1 Å². The zero-order valence-corrected chi connectivity index (χ0v) is 12.3. The van der Waals surface area contributed by atoms with Gasteiger partial charge in [-0.15, -0.1) is 0 Å². The van der Waals surface area contributed by atoms with Gasteiger partial charge in [0.15, 0.2) is 0 Å². The van der Waals surface area contributed by atoms with Crippen molar-refractivity contribution in [1.29, 1.82) is 0 Å². The molecule has 104 valence electrons. The molecule has 2 fully saturated rings. The van der Waals surface area contributed by atoms with E-state index >= 15 is 0 Å². The van der Waals surface area contributed by atoms with Gasteiger partial charge in [-0.05, 0) is 57.2 Å². The maximum atomic E-state index is 5.84. The number of fused-ring (bicyclic) bond motifs is 2. The van der Waals surface area contributed by atoms with Gasteiger partial charge in [0, 0.05) is 30.4 Å². The van der Waals surface area contributed by atoms with Crippen LogP contribution >= 0.6 is 11.6 Å². The van der Waals surface area contributed by atoms with Crippen LogP contribution in [-0.2, 0) is 0 Å². The van der Waals surface area contributed by atoms with Crippen molar-refractivity contribution in [3.8, 4) is 0 Å². The van der Waals surface area contributed by atoms with E-state index in [1.54, 1.807) is 6.20 Å². The fourth-order valence-electron chi connectivity index (χ4n) is 3.53. The van der Waals surface area contributed by atoms with Crippen molar-refractivity contribution in [3.05, 3.63) is 17.0 Å². The number of anilines is 1. The maximum absolute atomic E-state index is 5.84. The highest BCUT2D eigenvalue weighted by Crippen LogP contribution is 2.37. The molecule has 1 aromatic heterocycles. The number of halogens is 1. The van der Waals surface area contributed by atoms with E-state index in [1.165, 1.54) is 25.7 Å². The summed E-state index contributed by atoms with van der Waals surface area (Å²) in [5.74, 6) is 1.63. The Kier molecular flexibility index (Phi) is 3.63. The number of hydrogen-bond donors (Lipinski definition) is 1. The summed E-state index contributed by atoms with van der Waals surface area (Å²) in [7, 11) is 2.28. The summed E-state index contributed by atoms with van der Waals surface area (Å²) in [5.41, 5.74) is 1.06. The number of aryl methyl sites for hydroxylation is 1. The lowest BCUT2D eigenvalue weighted by molar-refractivity contribution is 0.139. The van der Waals surface area contributed by atoms with E-state index < -0.39 is 0 Å². The van der Waals surface area contributed by atoms with Crippen LogP contribution in [-0.4, -0.2) is 40.5 Å². The van der Waals surface area contributed by atoms with Crippen molar-refractivity contribution in [1.82, 2.24) is 14.9 Å². The molecule has 4 nitrogen and oxygen atoms in total. The molecule has 2 bridgehead atoms. The second-order valence-corrected chi connectivity index (χ2v) is 6.28. The van der Waals surface area contributed by atoms with Gasteiger partial charge in [0.25, 0.3) is 0 Å². The highest BCUT2D eigenvalue weighted by atomic mass is 35.5. The van der Waals surface area contributed by atoms with Crippen LogP contribution in [0.3, 0.4) is 0 Å². The highest BCUT2D eigenvalue weighted by molar-refractivity contribution is 6.28.